The van der Waals surface area contributed by atoms with E-state index in [0.717, 1.165) is 19.0 Å². The molecule has 0 aromatic rings. The summed E-state index contributed by atoms with van der Waals surface area (Å²) in [5.74, 6) is 1.27. The first kappa shape index (κ1) is 19.0. The monoisotopic (exact) mass is 371 g/mol. The number of hydrogen-bond donors (Lipinski definition) is 2. The molecule has 2 saturated carbocycles. The zero-order valence-electron chi connectivity index (χ0n) is 15.6. The summed E-state index contributed by atoms with van der Waals surface area (Å²) >= 11 is 0. The second-order valence-corrected chi connectivity index (χ2v) is 9.97. The lowest BCUT2D eigenvalue weighted by Crippen LogP contribution is -2.67. The number of sulfone groups is 1. The van der Waals surface area contributed by atoms with Gasteiger partial charge in [0.25, 0.3) is 0 Å². The van der Waals surface area contributed by atoms with Crippen molar-refractivity contribution in [1.29, 1.82) is 0 Å². The Kier molecular flexibility index (Phi) is 5.93. The van der Waals surface area contributed by atoms with Gasteiger partial charge in [-0.25, -0.2) is 8.42 Å². The van der Waals surface area contributed by atoms with Crippen molar-refractivity contribution in [3.63, 3.8) is 0 Å². The molecule has 0 aromatic carbocycles. The smallest absolute Gasteiger partial charge is 0.191 e. The van der Waals surface area contributed by atoms with E-state index in [2.05, 4.69) is 22.5 Å². The zero-order valence-corrected chi connectivity index (χ0v) is 16.4. The van der Waals surface area contributed by atoms with E-state index in [1.165, 1.54) is 32.1 Å². The van der Waals surface area contributed by atoms with Gasteiger partial charge < -0.3 is 15.4 Å². The van der Waals surface area contributed by atoms with Gasteiger partial charge in [0.15, 0.2) is 15.8 Å². The van der Waals surface area contributed by atoms with Gasteiger partial charge in [-0.15, -0.1) is 0 Å². The van der Waals surface area contributed by atoms with Crippen LogP contribution in [0.1, 0.15) is 58.8 Å². The number of ether oxygens (including phenoxy) is 1. The van der Waals surface area contributed by atoms with E-state index in [1.807, 2.05) is 6.92 Å². The lowest BCUT2D eigenvalue weighted by atomic mass is 9.55. The van der Waals surface area contributed by atoms with E-state index in [-0.39, 0.29) is 23.0 Å². The normalized spacial score (nSPS) is 33.8. The number of hydrogen-bond acceptors (Lipinski definition) is 4. The minimum absolute atomic E-state index is 0.0205. The molecule has 0 amide bonds. The van der Waals surface area contributed by atoms with Gasteiger partial charge in [-0.05, 0) is 39.5 Å². The topological polar surface area (TPSA) is 79.8 Å². The lowest BCUT2D eigenvalue weighted by molar-refractivity contribution is -0.145. The minimum atomic E-state index is -2.88. The Morgan fingerprint density at radius 2 is 1.96 bits per heavy atom. The predicted octanol–water partition coefficient (Wildman–Crippen LogP) is 1.86. The van der Waals surface area contributed by atoms with E-state index in [0.29, 0.717) is 25.1 Å². The Balaban J connectivity index is 1.64. The highest BCUT2D eigenvalue weighted by atomic mass is 32.2. The van der Waals surface area contributed by atoms with E-state index in [4.69, 9.17) is 4.74 Å². The van der Waals surface area contributed by atoms with Crippen LogP contribution in [0.25, 0.3) is 0 Å². The molecule has 7 heteroatoms. The number of aliphatic imine (C=N–C) groups is 1. The fraction of sp³-hybridized carbons (Fsp3) is 0.944. The summed E-state index contributed by atoms with van der Waals surface area (Å²) in [5.41, 5.74) is 0.228. The quantitative estimate of drug-likeness (QED) is 0.570. The first-order valence-electron chi connectivity index (χ1n) is 9.88. The summed E-state index contributed by atoms with van der Waals surface area (Å²) < 4.78 is 29.4. The van der Waals surface area contributed by atoms with Crippen LogP contribution in [0.5, 0.6) is 0 Å². The number of nitrogens with one attached hydrogen (secondary N) is 2. The van der Waals surface area contributed by atoms with Gasteiger partial charge in [0.05, 0.1) is 17.6 Å². The van der Waals surface area contributed by atoms with Gasteiger partial charge in [0.1, 0.15) is 0 Å². The molecule has 1 heterocycles. The van der Waals surface area contributed by atoms with E-state index < -0.39 is 9.84 Å². The van der Waals surface area contributed by atoms with Crippen molar-refractivity contribution in [2.75, 3.05) is 24.7 Å². The SMILES string of the molecule is CCN=C(NC1CCS(=O)(=O)C1)NC1CC(OCC)C12CCCCC2. The lowest BCUT2D eigenvalue weighted by Gasteiger charge is -2.58. The van der Waals surface area contributed by atoms with Crippen LogP contribution < -0.4 is 10.6 Å². The largest absolute Gasteiger partial charge is 0.378 e. The van der Waals surface area contributed by atoms with Gasteiger partial charge in [0, 0.05) is 30.7 Å². The van der Waals surface area contributed by atoms with Crippen LogP contribution in [0.3, 0.4) is 0 Å². The molecule has 3 fully saturated rings. The summed E-state index contributed by atoms with van der Waals surface area (Å²) in [4.78, 5) is 4.57. The Bertz CT molecular complexity index is 584. The molecule has 3 atom stereocenters. The second-order valence-electron chi connectivity index (χ2n) is 7.74. The van der Waals surface area contributed by atoms with Crippen molar-refractivity contribution in [3.05, 3.63) is 0 Å². The molecule has 0 radical (unpaired) electrons. The maximum atomic E-state index is 11.7. The Hall–Kier alpha value is -0.820. The Morgan fingerprint density at radius 1 is 1.20 bits per heavy atom. The second kappa shape index (κ2) is 7.82. The third-order valence-corrected chi connectivity index (χ3v) is 7.91. The third-order valence-electron chi connectivity index (χ3n) is 6.14. The molecule has 0 bridgehead atoms. The standard InChI is InChI=1S/C18H33N3O3S/c1-3-19-17(20-14-8-11-25(22,23)13-14)21-15-12-16(24-4-2)18(15)9-6-5-7-10-18/h14-16H,3-13H2,1-2H3,(H2,19,20,21). The molecule has 3 aliphatic rings. The highest BCUT2D eigenvalue weighted by Crippen LogP contribution is 2.53. The fourth-order valence-corrected chi connectivity index (χ4v) is 6.50. The summed E-state index contributed by atoms with van der Waals surface area (Å²) in [6, 6.07) is 0.355. The Labute approximate surface area is 152 Å². The van der Waals surface area contributed by atoms with Gasteiger partial charge in [-0.2, -0.15) is 0 Å². The molecule has 1 aliphatic heterocycles. The molecule has 0 aromatic heterocycles. The van der Waals surface area contributed by atoms with Crippen LogP contribution >= 0.6 is 0 Å². The third kappa shape index (κ3) is 4.13. The van der Waals surface area contributed by atoms with Crippen molar-refractivity contribution >= 4 is 15.8 Å². The maximum absolute atomic E-state index is 11.7. The summed E-state index contributed by atoms with van der Waals surface area (Å²) in [6.45, 7) is 5.54. The molecule has 6 nitrogen and oxygen atoms in total. The summed E-state index contributed by atoms with van der Waals surface area (Å²) in [6.07, 6.45) is 8.34. The molecule has 2 N–H and O–H groups in total. The summed E-state index contributed by atoms with van der Waals surface area (Å²) in [5, 5.41) is 6.98. The van der Waals surface area contributed by atoms with Crippen molar-refractivity contribution in [1.82, 2.24) is 10.6 Å². The molecule has 1 saturated heterocycles. The number of rotatable bonds is 5. The van der Waals surface area contributed by atoms with Crippen molar-refractivity contribution in [2.24, 2.45) is 10.4 Å². The Morgan fingerprint density at radius 3 is 2.56 bits per heavy atom. The average Bonchev–Trinajstić information content (AvgIpc) is 2.93. The molecule has 144 valence electrons. The van der Waals surface area contributed by atoms with Gasteiger partial charge in [-0.1, -0.05) is 19.3 Å². The van der Waals surface area contributed by atoms with Crippen LogP contribution in [0.2, 0.25) is 0 Å². The van der Waals surface area contributed by atoms with Crippen molar-refractivity contribution in [3.8, 4) is 0 Å². The molecule has 2 aliphatic carbocycles. The predicted molar refractivity (Wildman–Crippen MR) is 101 cm³/mol. The molecule has 3 unspecified atom stereocenters. The van der Waals surface area contributed by atoms with Crippen LogP contribution in [-0.2, 0) is 14.6 Å². The first-order valence-corrected chi connectivity index (χ1v) is 11.7. The zero-order chi connectivity index (χ0) is 17.9. The number of nitrogens with zero attached hydrogens (tertiary/aromatic N) is 1. The van der Waals surface area contributed by atoms with E-state index >= 15 is 0 Å². The summed E-state index contributed by atoms with van der Waals surface area (Å²) in [7, 11) is -2.88. The average molecular weight is 372 g/mol. The molecular formula is C18H33N3O3S. The van der Waals surface area contributed by atoms with Crippen LogP contribution in [0.15, 0.2) is 4.99 Å². The van der Waals surface area contributed by atoms with Gasteiger partial charge >= 0.3 is 0 Å². The van der Waals surface area contributed by atoms with Crippen LogP contribution in [0.4, 0.5) is 0 Å². The maximum Gasteiger partial charge on any atom is 0.191 e. The van der Waals surface area contributed by atoms with Crippen LogP contribution in [0, 0.1) is 5.41 Å². The van der Waals surface area contributed by atoms with Crippen LogP contribution in [-0.4, -0.2) is 57.2 Å². The highest BCUT2D eigenvalue weighted by Gasteiger charge is 2.56. The molecular weight excluding hydrogens is 338 g/mol. The highest BCUT2D eigenvalue weighted by molar-refractivity contribution is 7.91. The fourth-order valence-electron chi connectivity index (χ4n) is 4.82. The molecule has 3 rings (SSSR count). The van der Waals surface area contributed by atoms with Crippen molar-refractivity contribution in [2.45, 2.75) is 77.0 Å². The molecule has 25 heavy (non-hydrogen) atoms. The van der Waals surface area contributed by atoms with Gasteiger partial charge in [-0.3, -0.25) is 4.99 Å². The first-order chi connectivity index (χ1) is 12.0. The van der Waals surface area contributed by atoms with E-state index in [9.17, 15) is 8.42 Å². The van der Waals surface area contributed by atoms with E-state index in [1.54, 1.807) is 0 Å². The number of guanidine groups is 1. The van der Waals surface area contributed by atoms with Crippen molar-refractivity contribution < 1.29 is 13.2 Å². The minimum Gasteiger partial charge on any atom is -0.378 e. The van der Waals surface area contributed by atoms with Gasteiger partial charge in [0.2, 0.25) is 0 Å². The molecule has 1 spiro atoms.